The number of hydrazone groups is 1. The van der Waals surface area contributed by atoms with Crippen molar-refractivity contribution in [1.82, 2.24) is 15.0 Å². The Balaban J connectivity index is 1.71. The number of hydrogen-bond acceptors (Lipinski definition) is 4. The van der Waals surface area contributed by atoms with Crippen LogP contribution in [0.25, 0.3) is 17.0 Å². The van der Waals surface area contributed by atoms with E-state index in [9.17, 15) is 9.59 Å². The molecule has 25 heavy (non-hydrogen) atoms. The van der Waals surface area contributed by atoms with Gasteiger partial charge in [-0.3, -0.25) is 19.1 Å². The third kappa shape index (κ3) is 3.69. The number of aromatic nitrogens is 2. The molecule has 1 amide bonds. The Morgan fingerprint density at radius 2 is 1.92 bits per heavy atom. The van der Waals surface area contributed by atoms with Gasteiger partial charge < -0.3 is 0 Å². The number of benzene rings is 1. The SMILES string of the molecule is CC(=O)n1cc(/C=C\C=NNC(=O)c2ccncc2)c2ccccc21. The lowest BCUT2D eigenvalue weighted by Gasteiger charge is -1.97. The second-order valence-electron chi connectivity index (χ2n) is 5.30. The van der Waals surface area contributed by atoms with E-state index < -0.39 is 0 Å². The fraction of sp³-hybridized carbons (Fsp3) is 0.0526. The first-order valence-electron chi connectivity index (χ1n) is 7.68. The molecule has 0 fully saturated rings. The zero-order valence-corrected chi connectivity index (χ0v) is 13.6. The first-order chi connectivity index (χ1) is 12.2. The van der Waals surface area contributed by atoms with Crippen molar-refractivity contribution in [2.24, 2.45) is 5.10 Å². The van der Waals surface area contributed by atoms with E-state index in [0.29, 0.717) is 5.56 Å². The largest absolute Gasteiger partial charge is 0.287 e. The number of fused-ring (bicyclic) bond motifs is 1. The molecule has 3 aromatic rings. The molecule has 0 saturated heterocycles. The number of amides is 1. The Labute approximate surface area is 144 Å². The van der Waals surface area contributed by atoms with Crippen molar-refractivity contribution in [1.29, 1.82) is 0 Å². The molecule has 0 radical (unpaired) electrons. The highest BCUT2D eigenvalue weighted by Crippen LogP contribution is 2.22. The molecular weight excluding hydrogens is 316 g/mol. The first-order valence-corrected chi connectivity index (χ1v) is 7.68. The molecule has 3 rings (SSSR count). The van der Waals surface area contributed by atoms with E-state index in [-0.39, 0.29) is 11.8 Å². The predicted molar refractivity (Wildman–Crippen MR) is 97.5 cm³/mol. The zero-order valence-electron chi connectivity index (χ0n) is 13.6. The van der Waals surface area contributed by atoms with Gasteiger partial charge in [-0.2, -0.15) is 5.10 Å². The quantitative estimate of drug-likeness (QED) is 0.589. The van der Waals surface area contributed by atoms with E-state index in [1.165, 1.54) is 13.1 Å². The molecule has 0 saturated carbocycles. The smallest absolute Gasteiger partial charge is 0.271 e. The molecule has 124 valence electrons. The number of allylic oxidation sites excluding steroid dienone is 1. The average molecular weight is 332 g/mol. The van der Waals surface area contributed by atoms with Crippen molar-refractivity contribution in [3.8, 4) is 0 Å². The molecule has 0 aliphatic rings. The van der Waals surface area contributed by atoms with E-state index >= 15 is 0 Å². The topological polar surface area (TPSA) is 76.3 Å². The fourth-order valence-electron chi connectivity index (χ4n) is 2.45. The number of rotatable bonds is 4. The fourth-order valence-corrected chi connectivity index (χ4v) is 2.45. The summed E-state index contributed by atoms with van der Waals surface area (Å²) in [5.74, 6) is -0.352. The van der Waals surface area contributed by atoms with Gasteiger partial charge in [0.25, 0.3) is 5.91 Å². The highest BCUT2D eigenvalue weighted by atomic mass is 16.2. The highest BCUT2D eigenvalue weighted by molar-refractivity contribution is 5.98. The minimum atomic E-state index is -0.305. The molecule has 0 spiro atoms. The van der Waals surface area contributed by atoms with Gasteiger partial charge in [-0.15, -0.1) is 0 Å². The van der Waals surface area contributed by atoms with Gasteiger partial charge in [-0.25, -0.2) is 5.43 Å². The number of pyridine rings is 1. The van der Waals surface area contributed by atoms with E-state index in [1.807, 2.05) is 30.3 Å². The monoisotopic (exact) mass is 332 g/mol. The van der Waals surface area contributed by atoms with Gasteiger partial charge in [-0.05, 0) is 24.3 Å². The number of para-hydroxylation sites is 1. The third-order valence-corrected chi connectivity index (χ3v) is 3.63. The molecule has 0 bridgehead atoms. The average Bonchev–Trinajstić information content (AvgIpc) is 3.01. The minimum absolute atomic E-state index is 0.0471. The lowest BCUT2D eigenvalue weighted by atomic mass is 10.1. The molecule has 0 atom stereocenters. The van der Waals surface area contributed by atoms with Gasteiger partial charge in [0.05, 0.1) is 5.52 Å². The molecule has 2 heterocycles. The van der Waals surface area contributed by atoms with Crippen LogP contribution in [0.4, 0.5) is 0 Å². The van der Waals surface area contributed by atoms with Crippen LogP contribution in [-0.2, 0) is 0 Å². The zero-order chi connectivity index (χ0) is 17.6. The van der Waals surface area contributed by atoms with Crippen LogP contribution in [0.15, 0.2) is 66.2 Å². The molecule has 2 aromatic heterocycles. The summed E-state index contributed by atoms with van der Waals surface area (Å²) in [6, 6.07) is 10.9. The van der Waals surface area contributed by atoms with Gasteiger partial charge in [0.15, 0.2) is 0 Å². The maximum atomic E-state index is 11.8. The van der Waals surface area contributed by atoms with Gasteiger partial charge in [0.1, 0.15) is 0 Å². The van der Waals surface area contributed by atoms with Gasteiger partial charge in [-0.1, -0.05) is 24.3 Å². The van der Waals surface area contributed by atoms with Crippen molar-refractivity contribution >= 4 is 35.0 Å². The summed E-state index contributed by atoms with van der Waals surface area (Å²) >= 11 is 0. The van der Waals surface area contributed by atoms with Crippen molar-refractivity contribution in [3.63, 3.8) is 0 Å². The maximum absolute atomic E-state index is 11.8. The lowest BCUT2D eigenvalue weighted by Crippen LogP contribution is -2.17. The normalized spacial score (nSPS) is 11.4. The van der Waals surface area contributed by atoms with Crippen LogP contribution in [0.3, 0.4) is 0 Å². The molecule has 0 unspecified atom stereocenters. The molecule has 1 N–H and O–H groups in total. The van der Waals surface area contributed by atoms with E-state index in [0.717, 1.165) is 16.5 Å². The van der Waals surface area contributed by atoms with Crippen LogP contribution < -0.4 is 5.43 Å². The number of nitrogens with zero attached hydrogens (tertiary/aromatic N) is 3. The van der Waals surface area contributed by atoms with Crippen molar-refractivity contribution in [3.05, 3.63) is 72.2 Å². The molecule has 0 aliphatic heterocycles. The minimum Gasteiger partial charge on any atom is -0.287 e. The van der Waals surface area contributed by atoms with Crippen LogP contribution in [0.1, 0.15) is 27.6 Å². The maximum Gasteiger partial charge on any atom is 0.271 e. The number of hydrogen-bond donors (Lipinski definition) is 1. The molecular formula is C19H16N4O2. The third-order valence-electron chi connectivity index (χ3n) is 3.63. The Hall–Kier alpha value is -3.54. The summed E-state index contributed by atoms with van der Waals surface area (Å²) in [6.07, 6.45) is 9.90. The van der Waals surface area contributed by atoms with E-state index in [4.69, 9.17) is 0 Å². The second-order valence-corrected chi connectivity index (χ2v) is 5.30. The second kappa shape index (κ2) is 7.35. The van der Waals surface area contributed by atoms with Crippen molar-refractivity contribution in [2.75, 3.05) is 0 Å². The molecule has 6 nitrogen and oxygen atoms in total. The predicted octanol–water partition coefficient (Wildman–Crippen LogP) is 3.13. The Morgan fingerprint density at radius 1 is 1.16 bits per heavy atom. The summed E-state index contributed by atoms with van der Waals surface area (Å²) < 4.78 is 1.61. The van der Waals surface area contributed by atoms with Gasteiger partial charge >= 0.3 is 0 Å². The van der Waals surface area contributed by atoms with Gasteiger partial charge in [0, 0.05) is 48.2 Å². The van der Waals surface area contributed by atoms with Crippen molar-refractivity contribution < 1.29 is 9.59 Å². The van der Waals surface area contributed by atoms with Crippen LogP contribution in [0.5, 0.6) is 0 Å². The summed E-state index contributed by atoms with van der Waals surface area (Å²) in [5.41, 5.74) is 4.68. The summed E-state index contributed by atoms with van der Waals surface area (Å²) in [7, 11) is 0. The van der Waals surface area contributed by atoms with Crippen LogP contribution in [0, 0.1) is 0 Å². The Kier molecular flexibility index (Phi) is 4.80. The highest BCUT2D eigenvalue weighted by Gasteiger charge is 2.08. The van der Waals surface area contributed by atoms with Crippen molar-refractivity contribution in [2.45, 2.75) is 6.92 Å². The van der Waals surface area contributed by atoms with Crippen LogP contribution in [-0.4, -0.2) is 27.6 Å². The summed E-state index contributed by atoms with van der Waals surface area (Å²) in [6.45, 7) is 1.52. The Morgan fingerprint density at radius 3 is 2.68 bits per heavy atom. The van der Waals surface area contributed by atoms with E-state index in [1.54, 1.807) is 41.4 Å². The summed E-state index contributed by atoms with van der Waals surface area (Å²) in [4.78, 5) is 27.4. The number of carbonyl (C=O) groups excluding carboxylic acids is 2. The molecule has 1 aromatic carbocycles. The Bertz CT molecular complexity index is 972. The standard InChI is InChI=1S/C19H16N4O2/c1-14(24)23-13-16(17-6-2-3-7-18(17)23)5-4-10-21-22-19(25)15-8-11-20-12-9-15/h2-13H,1H3,(H,22,25)/b5-4-,21-10?. The summed E-state index contributed by atoms with van der Waals surface area (Å²) in [5, 5.41) is 4.85. The number of carbonyl (C=O) groups is 2. The van der Waals surface area contributed by atoms with Gasteiger partial charge in [0.2, 0.25) is 5.91 Å². The molecule has 6 heteroatoms. The lowest BCUT2D eigenvalue weighted by molar-refractivity contribution is 0.0937. The molecule has 0 aliphatic carbocycles. The van der Waals surface area contributed by atoms with Crippen LogP contribution >= 0.6 is 0 Å². The first kappa shape index (κ1) is 16.3. The van der Waals surface area contributed by atoms with E-state index in [2.05, 4.69) is 15.5 Å². The number of nitrogens with one attached hydrogen (secondary N) is 1. The van der Waals surface area contributed by atoms with Crippen LogP contribution in [0.2, 0.25) is 0 Å².